The molecule has 0 aromatic heterocycles. The number of rotatable bonds is 1. The van der Waals surface area contributed by atoms with Gasteiger partial charge >= 0.3 is 5.97 Å². The Balaban J connectivity index is 2.52. The topological polar surface area (TPSA) is 60.4 Å². The number of fused-ring (bicyclic) bond motifs is 1. The molecule has 0 aliphatic heterocycles. The van der Waals surface area contributed by atoms with E-state index in [1.54, 1.807) is 6.92 Å². The van der Waals surface area contributed by atoms with Crippen LogP contribution in [0.2, 0.25) is 0 Å². The minimum atomic E-state index is -0.737. The summed E-state index contributed by atoms with van der Waals surface area (Å²) in [7, 11) is 1.25. The minimum absolute atomic E-state index is 0.0704. The molecule has 0 heterocycles. The third-order valence-corrected chi connectivity index (χ3v) is 3.60. The van der Waals surface area contributed by atoms with Crippen LogP contribution >= 0.6 is 0 Å². The Morgan fingerprint density at radius 1 is 1.31 bits per heavy atom. The van der Waals surface area contributed by atoms with Gasteiger partial charge in [-0.1, -0.05) is 0 Å². The lowest BCUT2D eigenvalue weighted by molar-refractivity contribution is -0.137. The van der Waals surface area contributed by atoms with Crippen molar-refractivity contribution in [3.05, 3.63) is 11.1 Å². The molecule has 0 bridgehead atoms. The highest BCUT2D eigenvalue weighted by Crippen LogP contribution is 2.48. The Hall–Kier alpha value is -1.45. The van der Waals surface area contributed by atoms with E-state index in [1.165, 1.54) is 7.11 Å². The van der Waals surface area contributed by atoms with Gasteiger partial charge in [-0.25, -0.2) is 4.79 Å². The highest BCUT2D eigenvalue weighted by atomic mass is 16.5. The number of ether oxygens (including phenoxy) is 1. The molecule has 1 atom stereocenters. The molecule has 0 N–H and O–H groups in total. The van der Waals surface area contributed by atoms with Crippen LogP contribution in [-0.2, 0) is 19.1 Å². The number of hydrogen-bond acceptors (Lipinski definition) is 4. The van der Waals surface area contributed by atoms with Gasteiger partial charge in [0, 0.05) is 12.8 Å². The molecule has 4 nitrogen and oxygen atoms in total. The van der Waals surface area contributed by atoms with Crippen LogP contribution in [0.3, 0.4) is 0 Å². The summed E-state index contributed by atoms with van der Waals surface area (Å²) in [5.74, 6) is -0.779. The second kappa shape index (κ2) is 3.54. The predicted octanol–water partition coefficient (Wildman–Crippen LogP) is 1.19. The van der Waals surface area contributed by atoms with Gasteiger partial charge in [0.1, 0.15) is 11.4 Å². The smallest absolute Gasteiger partial charge is 0.341 e. The fourth-order valence-electron chi connectivity index (χ4n) is 2.67. The van der Waals surface area contributed by atoms with E-state index in [-0.39, 0.29) is 23.6 Å². The molecule has 2 aliphatic rings. The van der Waals surface area contributed by atoms with Gasteiger partial charge in [0.25, 0.3) is 0 Å². The van der Waals surface area contributed by atoms with Crippen LogP contribution in [0.25, 0.3) is 0 Å². The third kappa shape index (κ3) is 1.32. The molecule has 0 unspecified atom stereocenters. The summed E-state index contributed by atoms with van der Waals surface area (Å²) in [6.45, 7) is 1.76. The van der Waals surface area contributed by atoms with Crippen molar-refractivity contribution in [2.45, 2.75) is 32.6 Å². The molecule has 0 spiro atoms. The van der Waals surface area contributed by atoms with Crippen LogP contribution in [0.1, 0.15) is 32.6 Å². The lowest BCUT2D eigenvalue weighted by Crippen LogP contribution is -2.31. The van der Waals surface area contributed by atoms with Crippen molar-refractivity contribution in [3.63, 3.8) is 0 Å². The number of carbonyl (C=O) groups excluding carboxylic acids is 3. The maximum absolute atomic E-state index is 11.9. The molecule has 2 rings (SSSR count). The number of methoxy groups -OCH3 is 1. The summed E-state index contributed by atoms with van der Waals surface area (Å²) in [5, 5.41) is 0. The summed E-state index contributed by atoms with van der Waals surface area (Å²) in [5.41, 5.74) is 0.0809. The summed E-state index contributed by atoms with van der Waals surface area (Å²) < 4.78 is 4.60. The van der Waals surface area contributed by atoms with E-state index in [1.807, 2.05) is 0 Å². The highest BCUT2D eigenvalue weighted by molar-refractivity contribution is 6.22. The molecule has 1 fully saturated rings. The summed E-state index contributed by atoms with van der Waals surface area (Å²) in [4.78, 5) is 35.2. The highest BCUT2D eigenvalue weighted by Gasteiger charge is 2.50. The molecule has 1 saturated carbocycles. The second-order valence-electron chi connectivity index (χ2n) is 4.55. The van der Waals surface area contributed by atoms with Crippen LogP contribution in [0.15, 0.2) is 11.1 Å². The molecule has 4 heteroatoms. The SMILES string of the molecule is COC(=O)C1=C2CCCC(=O)[C@@]2(C)CC1=O. The van der Waals surface area contributed by atoms with E-state index >= 15 is 0 Å². The zero-order valence-corrected chi connectivity index (χ0v) is 9.46. The van der Waals surface area contributed by atoms with E-state index < -0.39 is 11.4 Å². The van der Waals surface area contributed by atoms with Crippen LogP contribution in [0.4, 0.5) is 0 Å². The van der Waals surface area contributed by atoms with Gasteiger partial charge in [-0.15, -0.1) is 0 Å². The Bertz CT molecular complexity index is 419. The van der Waals surface area contributed by atoms with Gasteiger partial charge in [0.05, 0.1) is 12.5 Å². The van der Waals surface area contributed by atoms with E-state index in [0.29, 0.717) is 18.4 Å². The first kappa shape index (κ1) is 11.0. The van der Waals surface area contributed by atoms with Crippen molar-refractivity contribution in [2.24, 2.45) is 5.41 Å². The molecule has 0 radical (unpaired) electrons. The van der Waals surface area contributed by atoms with E-state index in [0.717, 1.165) is 6.42 Å². The quantitative estimate of drug-likeness (QED) is 0.494. The lowest BCUT2D eigenvalue weighted by atomic mass is 9.71. The summed E-state index contributed by atoms with van der Waals surface area (Å²) in [6, 6.07) is 0. The molecule has 0 amide bonds. The largest absolute Gasteiger partial charge is 0.465 e. The Labute approximate surface area is 93.7 Å². The van der Waals surface area contributed by atoms with Crippen molar-refractivity contribution >= 4 is 17.5 Å². The van der Waals surface area contributed by atoms with Crippen molar-refractivity contribution in [1.29, 1.82) is 0 Å². The van der Waals surface area contributed by atoms with Crippen molar-refractivity contribution < 1.29 is 19.1 Å². The fraction of sp³-hybridized carbons (Fsp3) is 0.583. The van der Waals surface area contributed by atoms with Gasteiger partial charge in [0.15, 0.2) is 5.78 Å². The minimum Gasteiger partial charge on any atom is -0.465 e. The van der Waals surface area contributed by atoms with E-state index in [2.05, 4.69) is 4.74 Å². The Morgan fingerprint density at radius 3 is 2.62 bits per heavy atom. The van der Waals surface area contributed by atoms with Gasteiger partial charge < -0.3 is 4.74 Å². The molecule has 86 valence electrons. The second-order valence-corrected chi connectivity index (χ2v) is 4.55. The molecule has 0 saturated heterocycles. The first-order chi connectivity index (χ1) is 7.50. The monoisotopic (exact) mass is 222 g/mol. The molecular weight excluding hydrogens is 208 g/mol. The third-order valence-electron chi connectivity index (χ3n) is 3.60. The average Bonchev–Trinajstić information content (AvgIpc) is 2.51. The molecule has 16 heavy (non-hydrogen) atoms. The van der Waals surface area contributed by atoms with E-state index in [4.69, 9.17) is 0 Å². The van der Waals surface area contributed by atoms with Gasteiger partial charge in [-0.2, -0.15) is 0 Å². The zero-order valence-electron chi connectivity index (χ0n) is 9.46. The summed E-state index contributed by atoms with van der Waals surface area (Å²) >= 11 is 0. The number of allylic oxidation sites excluding steroid dienone is 1. The van der Waals surface area contributed by atoms with Crippen LogP contribution in [0, 0.1) is 5.41 Å². The van der Waals surface area contributed by atoms with Gasteiger partial charge in [0.2, 0.25) is 0 Å². The van der Waals surface area contributed by atoms with Crippen molar-refractivity contribution in [1.82, 2.24) is 0 Å². The van der Waals surface area contributed by atoms with E-state index in [9.17, 15) is 14.4 Å². The number of esters is 1. The van der Waals surface area contributed by atoms with Crippen LogP contribution < -0.4 is 0 Å². The number of carbonyl (C=O) groups is 3. The van der Waals surface area contributed by atoms with Crippen molar-refractivity contribution in [2.75, 3.05) is 7.11 Å². The predicted molar refractivity (Wildman–Crippen MR) is 55.6 cm³/mol. The van der Waals surface area contributed by atoms with Crippen molar-refractivity contribution in [3.8, 4) is 0 Å². The first-order valence-corrected chi connectivity index (χ1v) is 5.39. The lowest BCUT2D eigenvalue weighted by Gasteiger charge is -2.30. The summed E-state index contributed by atoms with van der Waals surface area (Å²) in [6.07, 6.45) is 2.00. The molecule has 0 aromatic rings. The first-order valence-electron chi connectivity index (χ1n) is 5.39. The maximum atomic E-state index is 11.9. The Kier molecular flexibility index (Phi) is 2.45. The standard InChI is InChI=1S/C12H14O4/c1-12-6-8(13)10(11(15)16-2)7(12)4-3-5-9(12)14/h3-6H2,1-2H3/t12-/m0/s1. The molecular formula is C12H14O4. The fourth-order valence-corrected chi connectivity index (χ4v) is 2.67. The zero-order chi connectivity index (χ0) is 11.9. The van der Waals surface area contributed by atoms with Crippen LogP contribution in [0.5, 0.6) is 0 Å². The van der Waals surface area contributed by atoms with Gasteiger partial charge in [-0.05, 0) is 25.3 Å². The Morgan fingerprint density at radius 2 is 2.00 bits per heavy atom. The number of hydrogen-bond donors (Lipinski definition) is 0. The van der Waals surface area contributed by atoms with Crippen LogP contribution in [-0.4, -0.2) is 24.6 Å². The number of Topliss-reactive ketones (excluding diaryl/α,β-unsaturated/α-hetero) is 2. The molecule has 2 aliphatic carbocycles. The molecule has 0 aromatic carbocycles. The maximum Gasteiger partial charge on any atom is 0.341 e. The average molecular weight is 222 g/mol. The van der Waals surface area contributed by atoms with Gasteiger partial charge in [-0.3, -0.25) is 9.59 Å². The number of ketones is 2. The normalized spacial score (nSPS) is 29.4.